The second-order valence-electron chi connectivity index (χ2n) is 5.64. The highest BCUT2D eigenvalue weighted by Gasteiger charge is 2.51. The highest BCUT2D eigenvalue weighted by atomic mass is 35.5. The van der Waals surface area contributed by atoms with E-state index in [1.807, 2.05) is 24.3 Å². The summed E-state index contributed by atoms with van der Waals surface area (Å²) in [5.74, 6) is 0.117. The molecule has 1 aliphatic carbocycles. The van der Waals surface area contributed by atoms with Gasteiger partial charge < -0.3 is 11.1 Å². The minimum Gasteiger partial charge on any atom is -0.351 e. The first kappa shape index (κ1) is 15.3. The van der Waals surface area contributed by atoms with Gasteiger partial charge in [0.15, 0.2) is 0 Å². The van der Waals surface area contributed by atoms with E-state index in [2.05, 4.69) is 12.2 Å². The van der Waals surface area contributed by atoms with E-state index < -0.39 is 0 Å². The third kappa shape index (κ3) is 3.33. The smallest absolute Gasteiger partial charge is 0.230 e. The Morgan fingerprint density at radius 3 is 2.55 bits per heavy atom. The number of hydrogen-bond donors (Lipinski definition) is 2. The molecule has 1 fully saturated rings. The van der Waals surface area contributed by atoms with Crippen molar-refractivity contribution in [2.45, 2.75) is 50.5 Å². The summed E-state index contributed by atoms with van der Waals surface area (Å²) >= 11 is 5.91. The van der Waals surface area contributed by atoms with E-state index in [-0.39, 0.29) is 17.4 Å². The van der Waals surface area contributed by atoms with Crippen LogP contribution >= 0.6 is 11.6 Å². The molecule has 1 aromatic carbocycles. The predicted molar refractivity (Wildman–Crippen MR) is 82.9 cm³/mol. The number of nitrogens with two attached hydrogens (primary N) is 1. The van der Waals surface area contributed by atoms with Crippen molar-refractivity contribution in [3.63, 3.8) is 0 Å². The van der Waals surface area contributed by atoms with Crippen molar-refractivity contribution in [3.05, 3.63) is 34.9 Å². The number of carbonyl (C=O) groups excluding carboxylic acids is 1. The van der Waals surface area contributed by atoms with Gasteiger partial charge in [-0.05, 0) is 37.0 Å². The number of rotatable bonds is 7. The summed E-state index contributed by atoms with van der Waals surface area (Å²) in [6.07, 6.45) is 4.98. The lowest BCUT2D eigenvalue weighted by Gasteiger charge is -2.21. The van der Waals surface area contributed by atoms with Crippen molar-refractivity contribution in [2.24, 2.45) is 5.73 Å². The van der Waals surface area contributed by atoms with Gasteiger partial charge in [-0.2, -0.15) is 0 Å². The average Bonchev–Trinajstić information content (AvgIpc) is 3.25. The van der Waals surface area contributed by atoms with Crippen LogP contribution in [0, 0.1) is 0 Å². The molecule has 1 atom stereocenters. The van der Waals surface area contributed by atoms with Crippen LogP contribution in [0.15, 0.2) is 24.3 Å². The molecule has 1 aromatic rings. The van der Waals surface area contributed by atoms with Crippen LogP contribution in [0.5, 0.6) is 0 Å². The first-order valence-corrected chi connectivity index (χ1v) is 7.77. The Labute approximate surface area is 125 Å². The van der Waals surface area contributed by atoms with Gasteiger partial charge in [-0.25, -0.2) is 0 Å². The number of carbonyl (C=O) groups is 1. The third-order valence-electron chi connectivity index (χ3n) is 4.11. The number of nitrogens with one attached hydrogen (secondary N) is 1. The standard InChI is InChI=1S/C16H23ClN2O/c1-2-3-4-14(11-18)19-15(20)16(9-10-16)12-5-7-13(17)8-6-12/h5-8,14H,2-4,9-11,18H2,1H3,(H,19,20). The molecule has 0 spiro atoms. The summed E-state index contributed by atoms with van der Waals surface area (Å²) < 4.78 is 0. The molecule has 20 heavy (non-hydrogen) atoms. The van der Waals surface area contributed by atoms with Crippen LogP contribution in [0.25, 0.3) is 0 Å². The lowest BCUT2D eigenvalue weighted by atomic mass is 9.94. The van der Waals surface area contributed by atoms with Gasteiger partial charge in [0.2, 0.25) is 5.91 Å². The molecule has 2 rings (SSSR count). The summed E-state index contributed by atoms with van der Waals surface area (Å²) in [6, 6.07) is 7.70. The first-order chi connectivity index (χ1) is 9.62. The predicted octanol–water partition coefficient (Wildman–Crippen LogP) is 3.01. The molecular formula is C16H23ClN2O. The highest BCUT2D eigenvalue weighted by molar-refractivity contribution is 6.30. The molecular weight excluding hydrogens is 272 g/mol. The molecule has 3 nitrogen and oxygen atoms in total. The van der Waals surface area contributed by atoms with Crippen LogP contribution in [0.1, 0.15) is 44.6 Å². The average molecular weight is 295 g/mol. The van der Waals surface area contributed by atoms with Gasteiger partial charge in [0.05, 0.1) is 5.41 Å². The molecule has 0 heterocycles. The Kier molecular flexibility index (Phi) is 5.06. The number of hydrogen-bond acceptors (Lipinski definition) is 2. The monoisotopic (exact) mass is 294 g/mol. The molecule has 1 saturated carbocycles. The molecule has 110 valence electrons. The molecule has 1 unspecified atom stereocenters. The van der Waals surface area contributed by atoms with Gasteiger partial charge in [-0.15, -0.1) is 0 Å². The Bertz CT molecular complexity index is 454. The van der Waals surface area contributed by atoms with E-state index in [0.717, 1.165) is 37.7 Å². The number of unbranched alkanes of at least 4 members (excludes halogenated alkanes) is 1. The SMILES string of the molecule is CCCCC(CN)NC(=O)C1(c2ccc(Cl)cc2)CC1. The Morgan fingerprint density at radius 1 is 1.40 bits per heavy atom. The van der Waals surface area contributed by atoms with Gasteiger partial charge in [0.25, 0.3) is 0 Å². The molecule has 3 N–H and O–H groups in total. The minimum atomic E-state index is -0.343. The first-order valence-electron chi connectivity index (χ1n) is 7.39. The quantitative estimate of drug-likeness (QED) is 0.812. The fourth-order valence-corrected chi connectivity index (χ4v) is 2.69. The number of amides is 1. The lowest BCUT2D eigenvalue weighted by Crippen LogP contribution is -2.45. The zero-order valence-electron chi connectivity index (χ0n) is 12.0. The second kappa shape index (κ2) is 6.59. The van der Waals surface area contributed by atoms with Crippen LogP contribution in [-0.2, 0) is 10.2 Å². The van der Waals surface area contributed by atoms with Gasteiger partial charge in [0, 0.05) is 17.6 Å². The highest BCUT2D eigenvalue weighted by Crippen LogP contribution is 2.48. The maximum Gasteiger partial charge on any atom is 0.230 e. The van der Waals surface area contributed by atoms with Crippen molar-refractivity contribution in [3.8, 4) is 0 Å². The fourth-order valence-electron chi connectivity index (χ4n) is 2.56. The zero-order chi connectivity index (χ0) is 14.6. The van der Waals surface area contributed by atoms with E-state index in [4.69, 9.17) is 17.3 Å². The lowest BCUT2D eigenvalue weighted by molar-refractivity contribution is -0.124. The summed E-state index contributed by atoms with van der Waals surface area (Å²) in [5, 5.41) is 3.82. The Hall–Kier alpha value is -1.06. The van der Waals surface area contributed by atoms with Gasteiger partial charge in [-0.1, -0.05) is 43.5 Å². The maximum atomic E-state index is 12.5. The van der Waals surface area contributed by atoms with Crippen LogP contribution in [0.3, 0.4) is 0 Å². The van der Waals surface area contributed by atoms with Gasteiger partial charge in [-0.3, -0.25) is 4.79 Å². The molecule has 0 aliphatic heterocycles. The van der Waals surface area contributed by atoms with Crippen molar-refractivity contribution in [1.82, 2.24) is 5.32 Å². The van der Waals surface area contributed by atoms with E-state index in [9.17, 15) is 4.79 Å². The third-order valence-corrected chi connectivity index (χ3v) is 4.36. The molecule has 4 heteroatoms. The Balaban J connectivity index is 2.02. The summed E-state index contributed by atoms with van der Waals surface area (Å²) in [4.78, 5) is 12.5. The molecule has 0 saturated heterocycles. The van der Waals surface area contributed by atoms with Crippen molar-refractivity contribution in [2.75, 3.05) is 6.54 Å². The van der Waals surface area contributed by atoms with E-state index in [1.54, 1.807) is 0 Å². The van der Waals surface area contributed by atoms with Gasteiger partial charge in [0.1, 0.15) is 0 Å². The molecule has 1 amide bonds. The number of halogens is 1. The maximum absolute atomic E-state index is 12.5. The van der Waals surface area contributed by atoms with Crippen molar-refractivity contribution in [1.29, 1.82) is 0 Å². The largest absolute Gasteiger partial charge is 0.351 e. The van der Waals surface area contributed by atoms with Crippen LogP contribution in [0.2, 0.25) is 5.02 Å². The molecule has 0 radical (unpaired) electrons. The van der Waals surface area contributed by atoms with E-state index in [0.29, 0.717) is 11.6 Å². The minimum absolute atomic E-state index is 0.0900. The van der Waals surface area contributed by atoms with Crippen LogP contribution in [-0.4, -0.2) is 18.5 Å². The van der Waals surface area contributed by atoms with Crippen molar-refractivity contribution >= 4 is 17.5 Å². The number of benzene rings is 1. The molecule has 0 aromatic heterocycles. The molecule has 0 bridgehead atoms. The van der Waals surface area contributed by atoms with Gasteiger partial charge >= 0.3 is 0 Å². The second-order valence-corrected chi connectivity index (χ2v) is 6.07. The summed E-state index contributed by atoms with van der Waals surface area (Å²) in [5.41, 5.74) is 6.47. The zero-order valence-corrected chi connectivity index (χ0v) is 12.7. The van der Waals surface area contributed by atoms with Crippen LogP contribution < -0.4 is 11.1 Å². The molecule has 1 aliphatic rings. The van der Waals surface area contributed by atoms with E-state index >= 15 is 0 Å². The van der Waals surface area contributed by atoms with E-state index in [1.165, 1.54) is 0 Å². The van der Waals surface area contributed by atoms with Crippen LogP contribution in [0.4, 0.5) is 0 Å². The van der Waals surface area contributed by atoms with Crippen molar-refractivity contribution < 1.29 is 4.79 Å². The summed E-state index contributed by atoms with van der Waals surface area (Å²) in [6.45, 7) is 2.65. The topological polar surface area (TPSA) is 55.1 Å². The summed E-state index contributed by atoms with van der Waals surface area (Å²) in [7, 11) is 0. The normalized spacial score (nSPS) is 17.6. The fraction of sp³-hybridized carbons (Fsp3) is 0.562. The Morgan fingerprint density at radius 2 is 2.05 bits per heavy atom.